The van der Waals surface area contributed by atoms with Crippen LogP contribution in [0.5, 0.6) is 0 Å². The third-order valence-corrected chi connectivity index (χ3v) is 4.44. The van der Waals surface area contributed by atoms with Gasteiger partial charge in [-0.05, 0) is 42.8 Å². The maximum absolute atomic E-state index is 13.3. The van der Waals surface area contributed by atoms with Gasteiger partial charge in [0.15, 0.2) is 0 Å². The third kappa shape index (κ3) is 3.29. The minimum atomic E-state index is -0.922. The Morgan fingerprint density at radius 3 is 2.64 bits per heavy atom. The molecule has 1 unspecified atom stereocenters. The summed E-state index contributed by atoms with van der Waals surface area (Å²) in [6.07, 6.45) is 2.11. The highest BCUT2D eigenvalue weighted by Gasteiger charge is 2.28. The lowest BCUT2D eigenvalue weighted by Crippen LogP contribution is -2.45. The molecule has 1 aliphatic heterocycles. The van der Waals surface area contributed by atoms with Gasteiger partial charge in [-0.1, -0.05) is 6.07 Å². The van der Waals surface area contributed by atoms with Crippen LogP contribution in [0.1, 0.15) is 6.42 Å². The van der Waals surface area contributed by atoms with Gasteiger partial charge in [-0.25, -0.2) is 9.37 Å². The topological polar surface area (TPSA) is 105 Å². The van der Waals surface area contributed by atoms with Crippen LogP contribution in [0.2, 0.25) is 0 Å². The molecule has 1 aliphatic rings. The molecule has 4 rings (SSSR count). The molecule has 1 fully saturated rings. The summed E-state index contributed by atoms with van der Waals surface area (Å²) < 4.78 is 14.9. The van der Waals surface area contributed by atoms with Gasteiger partial charge in [0.1, 0.15) is 29.0 Å². The van der Waals surface area contributed by atoms with Crippen LogP contribution in [0.15, 0.2) is 48.7 Å². The van der Waals surface area contributed by atoms with Crippen molar-refractivity contribution in [2.45, 2.75) is 12.5 Å². The summed E-state index contributed by atoms with van der Waals surface area (Å²) in [4.78, 5) is 40.7. The molecule has 9 heteroatoms. The normalized spacial score (nSPS) is 16.0. The highest BCUT2D eigenvalue weighted by atomic mass is 19.1. The quantitative estimate of drug-likeness (QED) is 0.591. The number of nitrogens with zero attached hydrogens (tertiary/aromatic N) is 2. The van der Waals surface area contributed by atoms with Crippen LogP contribution >= 0.6 is 0 Å². The molecule has 3 N–H and O–H groups in total. The number of hydrogen-bond donors (Lipinski definition) is 3. The average Bonchev–Trinajstić information content (AvgIpc) is 3.26. The molecule has 0 saturated carbocycles. The fourth-order valence-electron chi connectivity index (χ4n) is 3.04. The van der Waals surface area contributed by atoms with Crippen LogP contribution in [0.3, 0.4) is 0 Å². The van der Waals surface area contributed by atoms with E-state index >= 15 is 0 Å². The van der Waals surface area contributed by atoms with Crippen molar-refractivity contribution in [3.63, 3.8) is 0 Å². The molecule has 0 spiro atoms. The van der Waals surface area contributed by atoms with E-state index in [0.717, 1.165) is 0 Å². The number of amides is 3. The van der Waals surface area contributed by atoms with Gasteiger partial charge < -0.3 is 16.0 Å². The lowest BCUT2D eigenvalue weighted by atomic mass is 10.1. The van der Waals surface area contributed by atoms with Crippen molar-refractivity contribution in [2.24, 2.45) is 0 Å². The van der Waals surface area contributed by atoms with E-state index in [4.69, 9.17) is 0 Å². The monoisotopic (exact) mass is 381 g/mol. The number of benzene rings is 1. The number of rotatable bonds is 3. The van der Waals surface area contributed by atoms with Gasteiger partial charge >= 0.3 is 11.8 Å². The minimum Gasteiger partial charge on any atom is -0.354 e. The van der Waals surface area contributed by atoms with Crippen molar-refractivity contribution in [1.29, 1.82) is 0 Å². The number of anilines is 1. The first-order chi connectivity index (χ1) is 13.5. The summed E-state index contributed by atoms with van der Waals surface area (Å²) in [6, 6.07) is 10.2. The van der Waals surface area contributed by atoms with Crippen molar-refractivity contribution in [3.05, 3.63) is 54.5 Å². The zero-order valence-electron chi connectivity index (χ0n) is 14.6. The zero-order chi connectivity index (χ0) is 19.7. The number of fused-ring (bicyclic) bond motifs is 1. The van der Waals surface area contributed by atoms with Crippen LogP contribution in [-0.4, -0.2) is 39.7 Å². The number of carbonyl (C=O) groups excluding carboxylic acids is 3. The van der Waals surface area contributed by atoms with Crippen molar-refractivity contribution in [2.75, 3.05) is 11.9 Å². The Labute approximate surface area is 158 Å². The SMILES string of the molecule is O=C(Nc1c(-c2ccc(F)cc2)nc2ccccn12)C(=O)NC1CCNC1=O. The smallest absolute Gasteiger partial charge is 0.314 e. The second-order valence-electron chi connectivity index (χ2n) is 6.30. The summed E-state index contributed by atoms with van der Waals surface area (Å²) >= 11 is 0. The van der Waals surface area contributed by atoms with E-state index in [1.807, 2.05) is 0 Å². The first-order valence-electron chi connectivity index (χ1n) is 8.65. The molecule has 1 atom stereocenters. The molecule has 142 valence electrons. The highest BCUT2D eigenvalue weighted by molar-refractivity contribution is 6.40. The van der Waals surface area contributed by atoms with E-state index in [0.29, 0.717) is 29.9 Å². The van der Waals surface area contributed by atoms with Gasteiger partial charge in [0.05, 0.1) is 0 Å². The van der Waals surface area contributed by atoms with Crippen molar-refractivity contribution < 1.29 is 18.8 Å². The highest BCUT2D eigenvalue weighted by Crippen LogP contribution is 2.28. The molecule has 2 aromatic heterocycles. The number of nitrogens with one attached hydrogen (secondary N) is 3. The predicted octanol–water partition coefficient (Wildman–Crippen LogP) is 1.08. The van der Waals surface area contributed by atoms with Crippen molar-refractivity contribution in [1.82, 2.24) is 20.0 Å². The predicted molar refractivity (Wildman–Crippen MR) is 98.8 cm³/mol. The number of pyridine rings is 1. The number of aromatic nitrogens is 2. The third-order valence-electron chi connectivity index (χ3n) is 4.44. The van der Waals surface area contributed by atoms with Gasteiger partial charge in [-0.3, -0.25) is 18.8 Å². The Bertz CT molecular complexity index is 1080. The van der Waals surface area contributed by atoms with Crippen molar-refractivity contribution in [3.8, 4) is 11.3 Å². The van der Waals surface area contributed by atoms with Crippen LogP contribution in [0, 0.1) is 5.82 Å². The van der Waals surface area contributed by atoms with Gasteiger partial charge in [-0.2, -0.15) is 0 Å². The van der Waals surface area contributed by atoms with E-state index in [-0.39, 0.29) is 11.7 Å². The maximum atomic E-state index is 13.3. The minimum absolute atomic E-state index is 0.276. The summed E-state index contributed by atoms with van der Waals surface area (Å²) in [5.74, 6) is -2.28. The first-order valence-corrected chi connectivity index (χ1v) is 8.65. The molecule has 28 heavy (non-hydrogen) atoms. The molecule has 8 nitrogen and oxygen atoms in total. The second kappa shape index (κ2) is 7.10. The lowest BCUT2D eigenvalue weighted by molar-refractivity contribution is -0.137. The molecule has 3 amide bonds. The fraction of sp³-hybridized carbons (Fsp3) is 0.158. The summed E-state index contributed by atoms with van der Waals surface area (Å²) in [5, 5.41) is 7.56. The Morgan fingerprint density at radius 2 is 1.93 bits per heavy atom. The largest absolute Gasteiger partial charge is 0.354 e. The number of hydrogen-bond acceptors (Lipinski definition) is 4. The Hall–Kier alpha value is -3.75. The molecular formula is C19H16FN5O3. The number of halogens is 1. The van der Waals surface area contributed by atoms with Crippen LogP contribution in [0.25, 0.3) is 16.9 Å². The van der Waals surface area contributed by atoms with E-state index in [1.165, 1.54) is 24.3 Å². The lowest BCUT2D eigenvalue weighted by Gasteiger charge is -2.11. The Kier molecular flexibility index (Phi) is 4.48. The number of carbonyl (C=O) groups is 3. The Morgan fingerprint density at radius 1 is 1.14 bits per heavy atom. The number of imidazole rings is 1. The van der Waals surface area contributed by atoms with Gasteiger partial charge in [0.25, 0.3) is 0 Å². The van der Waals surface area contributed by atoms with Crippen molar-refractivity contribution >= 4 is 29.2 Å². The second-order valence-corrected chi connectivity index (χ2v) is 6.30. The fourth-order valence-corrected chi connectivity index (χ4v) is 3.04. The molecule has 0 aliphatic carbocycles. The van der Waals surface area contributed by atoms with E-state index < -0.39 is 23.7 Å². The molecule has 1 aromatic carbocycles. The molecule has 3 heterocycles. The standard InChI is InChI=1S/C19H16FN5O3/c20-12-6-4-11(5-7-12)15-16(25-10-2-1-3-14(25)23-15)24-19(28)18(27)22-13-8-9-21-17(13)26/h1-7,10,13H,8-9H2,(H,21,26)(H,22,27)(H,24,28). The Balaban J connectivity index is 1.64. The van der Waals surface area contributed by atoms with E-state index in [2.05, 4.69) is 20.9 Å². The van der Waals surface area contributed by atoms with E-state index in [9.17, 15) is 18.8 Å². The first kappa shape index (κ1) is 17.7. The van der Waals surface area contributed by atoms with Crippen LogP contribution in [-0.2, 0) is 14.4 Å². The van der Waals surface area contributed by atoms with E-state index in [1.54, 1.807) is 28.8 Å². The van der Waals surface area contributed by atoms with Gasteiger partial charge in [-0.15, -0.1) is 0 Å². The average molecular weight is 381 g/mol. The molecule has 0 bridgehead atoms. The summed E-state index contributed by atoms with van der Waals surface area (Å²) in [5.41, 5.74) is 1.52. The zero-order valence-corrected chi connectivity index (χ0v) is 14.6. The molecule has 1 saturated heterocycles. The summed E-state index contributed by atoms with van der Waals surface area (Å²) in [7, 11) is 0. The molecular weight excluding hydrogens is 365 g/mol. The molecule has 0 radical (unpaired) electrons. The van der Waals surface area contributed by atoms with Gasteiger partial charge in [0, 0.05) is 18.3 Å². The summed E-state index contributed by atoms with van der Waals surface area (Å²) in [6.45, 7) is 0.452. The van der Waals surface area contributed by atoms with Gasteiger partial charge in [0.2, 0.25) is 5.91 Å². The molecule has 3 aromatic rings. The van der Waals surface area contributed by atoms with Crippen LogP contribution < -0.4 is 16.0 Å². The maximum Gasteiger partial charge on any atom is 0.314 e. The van der Waals surface area contributed by atoms with Crippen LogP contribution in [0.4, 0.5) is 10.2 Å².